The van der Waals surface area contributed by atoms with Crippen LogP contribution in [0, 0.1) is 0 Å². The van der Waals surface area contributed by atoms with Crippen LogP contribution in [-0.4, -0.2) is 46.2 Å². The maximum atomic E-state index is 12.2. The second-order valence-corrected chi connectivity index (χ2v) is 6.72. The minimum absolute atomic E-state index is 0.0115. The number of ether oxygens (including phenoxy) is 3. The second kappa shape index (κ2) is 7.81. The van der Waals surface area contributed by atoms with Crippen molar-refractivity contribution in [2.24, 2.45) is 5.73 Å². The first kappa shape index (κ1) is 19.5. The minimum atomic E-state index is -1.83. The van der Waals surface area contributed by atoms with Crippen molar-refractivity contribution in [1.29, 1.82) is 0 Å². The van der Waals surface area contributed by atoms with Crippen molar-refractivity contribution in [2.45, 2.75) is 43.8 Å². The normalized spacial score (nSPS) is 13.8. The first-order valence-corrected chi connectivity index (χ1v) is 8.38. The Morgan fingerprint density at radius 3 is 2.13 bits per heavy atom. The summed E-state index contributed by atoms with van der Waals surface area (Å²) in [6.45, 7) is 5.13. The second-order valence-electron chi connectivity index (χ2n) is 6.06. The predicted octanol–water partition coefficient (Wildman–Crippen LogP) is 1.10. The topological polar surface area (TPSA) is 87.9 Å². The molecule has 0 aromatic heterocycles. The van der Waals surface area contributed by atoms with E-state index in [2.05, 4.69) is 16.0 Å². The Balaban J connectivity index is 2.73. The zero-order valence-electron chi connectivity index (χ0n) is 13.8. The fraction of sp³-hybridized carbons (Fsp3) is 0.500. The summed E-state index contributed by atoms with van der Waals surface area (Å²) in [5.74, 6) is -0.915. The van der Waals surface area contributed by atoms with Crippen molar-refractivity contribution in [3.8, 4) is 5.75 Å². The molecule has 1 aromatic carbocycles. The Kier molecular flexibility index (Phi) is 6.62. The van der Waals surface area contributed by atoms with Crippen LogP contribution in [0.1, 0.15) is 26.3 Å². The van der Waals surface area contributed by atoms with Gasteiger partial charge in [-0.2, -0.15) is 0 Å². The van der Waals surface area contributed by atoms with E-state index in [-0.39, 0.29) is 11.9 Å². The average molecular weight is 388 g/mol. The Morgan fingerprint density at radius 1 is 1.13 bits per heavy atom. The number of nitrogens with two attached hydrogens (primary N) is 1. The molecule has 128 valence electrons. The van der Waals surface area contributed by atoms with Crippen molar-refractivity contribution in [1.82, 2.24) is 0 Å². The van der Waals surface area contributed by atoms with E-state index in [9.17, 15) is 9.59 Å². The van der Waals surface area contributed by atoms with Gasteiger partial charge in [0.05, 0.1) is 0 Å². The van der Waals surface area contributed by atoms with E-state index in [1.165, 1.54) is 0 Å². The third kappa shape index (κ3) is 5.53. The zero-order chi connectivity index (χ0) is 17.7. The van der Waals surface area contributed by atoms with Crippen LogP contribution in [0.25, 0.3) is 0 Å². The molecular formula is C16H23NO5Se. The van der Waals surface area contributed by atoms with Crippen LogP contribution in [0.15, 0.2) is 24.3 Å². The van der Waals surface area contributed by atoms with Gasteiger partial charge in [-0.05, 0) is 0 Å². The number of esters is 2. The van der Waals surface area contributed by atoms with E-state index >= 15 is 0 Å². The number of carbonyl (C=O) groups excluding carboxylic acids is 2. The van der Waals surface area contributed by atoms with Crippen LogP contribution in [0.3, 0.4) is 0 Å². The van der Waals surface area contributed by atoms with Crippen molar-refractivity contribution in [3.05, 3.63) is 29.8 Å². The van der Waals surface area contributed by atoms with Crippen LogP contribution < -0.4 is 10.5 Å². The number of benzene rings is 1. The number of rotatable bonds is 6. The summed E-state index contributed by atoms with van der Waals surface area (Å²) in [4.78, 5) is 24.4. The van der Waals surface area contributed by atoms with Crippen molar-refractivity contribution < 1.29 is 23.8 Å². The molecule has 1 atom stereocenters. The van der Waals surface area contributed by atoms with Gasteiger partial charge in [0.25, 0.3) is 0 Å². The third-order valence-electron chi connectivity index (χ3n) is 2.91. The maximum absolute atomic E-state index is 12.2. The van der Waals surface area contributed by atoms with Crippen LogP contribution in [0.2, 0.25) is 5.32 Å². The SMILES string of the molecule is COc1ccc(COC(=O)[C@@](N)(C[SeH])C(=O)OC(C)(C)C)cc1. The van der Waals surface area contributed by atoms with E-state index in [1.807, 2.05) is 0 Å². The molecule has 0 aliphatic carbocycles. The van der Waals surface area contributed by atoms with Crippen LogP contribution in [-0.2, 0) is 25.7 Å². The van der Waals surface area contributed by atoms with Crippen LogP contribution in [0.4, 0.5) is 0 Å². The quantitative estimate of drug-likeness (QED) is 0.446. The zero-order valence-corrected chi connectivity index (χ0v) is 15.7. The van der Waals surface area contributed by atoms with E-state index in [1.54, 1.807) is 52.1 Å². The summed E-state index contributed by atoms with van der Waals surface area (Å²) in [5, 5.41) is 0.0242. The Bertz CT molecular complexity index is 553. The van der Waals surface area contributed by atoms with E-state index in [0.29, 0.717) is 5.75 Å². The van der Waals surface area contributed by atoms with Crippen molar-refractivity contribution >= 4 is 28.0 Å². The van der Waals surface area contributed by atoms with E-state index < -0.39 is 23.1 Å². The summed E-state index contributed by atoms with van der Waals surface area (Å²) < 4.78 is 15.4. The molecule has 0 saturated carbocycles. The van der Waals surface area contributed by atoms with Crippen LogP contribution >= 0.6 is 0 Å². The molecule has 0 aliphatic rings. The molecule has 7 heteroatoms. The van der Waals surface area contributed by atoms with Gasteiger partial charge < -0.3 is 0 Å². The van der Waals surface area contributed by atoms with Gasteiger partial charge in [-0.3, -0.25) is 0 Å². The molecule has 0 saturated heterocycles. The Labute approximate surface area is 144 Å². The van der Waals surface area contributed by atoms with Gasteiger partial charge >= 0.3 is 144 Å². The Hall–Kier alpha value is -1.56. The molecule has 23 heavy (non-hydrogen) atoms. The summed E-state index contributed by atoms with van der Waals surface area (Å²) in [5.41, 5.74) is 4.11. The first-order chi connectivity index (χ1) is 10.6. The molecule has 1 rings (SSSR count). The van der Waals surface area contributed by atoms with Gasteiger partial charge in [-0.15, -0.1) is 0 Å². The average Bonchev–Trinajstić information content (AvgIpc) is 2.50. The summed E-state index contributed by atoms with van der Waals surface area (Å²) in [6, 6.07) is 7.03. The molecule has 2 N–H and O–H groups in total. The predicted molar refractivity (Wildman–Crippen MR) is 87.5 cm³/mol. The molecule has 6 nitrogen and oxygen atoms in total. The third-order valence-corrected chi connectivity index (χ3v) is 3.95. The summed E-state index contributed by atoms with van der Waals surface area (Å²) in [6.07, 6.45) is 0. The molecule has 1 aromatic rings. The monoisotopic (exact) mass is 389 g/mol. The molecular weight excluding hydrogens is 365 g/mol. The van der Waals surface area contributed by atoms with Crippen molar-refractivity contribution in [3.63, 3.8) is 0 Å². The van der Waals surface area contributed by atoms with Gasteiger partial charge in [0.2, 0.25) is 0 Å². The number of hydrogen-bond donors (Lipinski definition) is 1. The summed E-state index contributed by atoms with van der Waals surface area (Å²) >= 11 is 2.12. The van der Waals surface area contributed by atoms with Gasteiger partial charge in [-0.25, -0.2) is 0 Å². The fourth-order valence-corrected chi connectivity index (χ4v) is 2.12. The molecule has 0 heterocycles. The number of carbonyl (C=O) groups is 2. The fourth-order valence-electron chi connectivity index (χ4n) is 1.58. The van der Waals surface area contributed by atoms with Crippen LogP contribution in [0.5, 0.6) is 5.75 Å². The first-order valence-electron chi connectivity index (χ1n) is 7.06. The molecule has 0 bridgehead atoms. The number of hydrogen-bond acceptors (Lipinski definition) is 6. The molecule has 0 radical (unpaired) electrons. The van der Waals surface area contributed by atoms with Gasteiger partial charge in [0.15, 0.2) is 0 Å². The summed E-state index contributed by atoms with van der Waals surface area (Å²) in [7, 11) is 1.57. The Morgan fingerprint density at radius 2 is 1.70 bits per heavy atom. The number of methoxy groups -OCH3 is 1. The van der Waals surface area contributed by atoms with Crippen molar-refractivity contribution in [2.75, 3.05) is 7.11 Å². The molecule has 0 unspecified atom stereocenters. The molecule has 0 aliphatic heterocycles. The van der Waals surface area contributed by atoms with Gasteiger partial charge in [0.1, 0.15) is 0 Å². The molecule has 0 fully saturated rings. The van der Waals surface area contributed by atoms with E-state index in [4.69, 9.17) is 19.9 Å². The van der Waals surface area contributed by atoms with Gasteiger partial charge in [-0.1, -0.05) is 0 Å². The van der Waals surface area contributed by atoms with Gasteiger partial charge in [0, 0.05) is 0 Å². The van der Waals surface area contributed by atoms with E-state index in [0.717, 1.165) is 5.56 Å². The molecule has 0 amide bonds. The molecule has 0 spiro atoms. The standard InChI is InChI=1S/C16H23NO5Se/c1-15(2,3)22-14(19)16(17,10-23)13(18)21-9-11-5-7-12(20-4)8-6-11/h5-8,23H,9-10,17H2,1-4H3/t16-/m0/s1.